The summed E-state index contributed by atoms with van der Waals surface area (Å²) in [6, 6.07) is 15.2. The number of fused-ring (bicyclic) bond motifs is 3. The maximum Gasteiger partial charge on any atom is 0.247 e. The highest BCUT2D eigenvalue weighted by Gasteiger charge is 2.36. The van der Waals surface area contributed by atoms with E-state index in [1.165, 1.54) is 0 Å². The molecular weight excluding hydrogens is 536 g/mol. The van der Waals surface area contributed by atoms with Crippen LogP contribution in [-0.2, 0) is 14.4 Å². The van der Waals surface area contributed by atoms with Crippen molar-refractivity contribution in [3.8, 4) is 11.1 Å². The SMILES string of the molecule is C/C(=C\[C@H](C(C)C)N(C)C(=O)C(NC(=O)[C@H]1CCCCN1C(C)C)C(C)C)C(=O)NC1c2ccccc2-c2ccccc21. The van der Waals surface area contributed by atoms with E-state index < -0.39 is 6.04 Å². The van der Waals surface area contributed by atoms with Gasteiger partial charge < -0.3 is 15.5 Å². The summed E-state index contributed by atoms with van der Waals surface area (Å²) >= 11 is 0. The van der Waals surface area contributed by atoms with Gasteiger partial charge in [0, 0.05) is 18.7 Å². The Bertz CT molecular complexity index is 1300. The normalized spacial score (nSPS) is 18.8. The lowest BCUT2D eigenvalue weighted by Crippen LogP contribution is -2.58. The topological polar surface area (TPSA) is 81.8 Å². The molecule has 1 aliphatic carbocycles. The minimum Gasteiger partial charge on any atom is -0.343 e. The first-order valence-corrected chi connectivity index (χ1v) is 15.9. The summed E-state index contributed by atoms with van der Waals surface area (Å²) in [5.41, 5.74) is 5.01. The van der Waals surface area contributed by atoms with Crippen molar-refractivity contribution in [2.45, 2.75) is 97.9 Å². The number of rotatable bonds is 10. The van der Waals surface area contributed by atoms with Gasteiger partial charge in [0.15, 0.2) is 0 Å². The van der Waals surface area contributed by atoms with Crippen molar-refractivity contribution in [3.05, 3.63) is 71.3 Å². The third kappa shape index (κ3) is 7.04. The summed E-state index contributed by atoms with van der Waals surface area (Å²) in [7, 11) is 1.78. The van der Waals surface area contributed by atoms with Crippen molar-refractivity contribution in [2.75, 3.05) is 13.6 Å². The number of likely N-dealkylation sites (tertiary alicyclic amines) is 1. The van der Waals surface area contributed by atoms with Gasteiger partial charge in [-0.1, -0.05) is 88.7 Å². The summed E-state index contributed by atoms with van der Waals surface area (Å²) < 4.78 is 0. The summed E-state index contributed by atoms with van der Waals surface area (Å²) in [4.78, 5) is 44.9. The van der Waals surface area contributed by atoms with E-state index in [1.54, 1.807) is 18.9 Å². The number of carbonyl (C=O) groups excluding carboxylic acids is 3. The molecule has 2 aromatic carbocycles. The fourth-order valence-electron chi connectivity index (χ4n) is 6.62. The van der Waals surface area contributed by atoms with Gasteiger partial charge in [-0.2, -0.15) is 0 Å². The molecule has 4 rings (SSSR count). The van der Waals surface area contributed by atoms with Gasteiger partial charge in [0.25, 0.3) is 0 Å². The first kappa shape index (κ1) is 32.5. The van der Waals surface area contributed by atoms with Crippen LogP contribution in [-0.4, -0.2) is 65.3 Å². The molecule has 7 nitrogen and oxygen atoms in total. The van der Waals surface area contributed by atoms with Crippen LogP contribution in [0.2, 0.25) is 0 Å². The molecule has 2 aliphatic rings. The molecule has 1 heterocycles. The minimum absolute atomic E-state index is 0.0583. The molecule has 0 aromatic heterocycles. The molecule has 1 fully saturated rings. The molecule has 232 valence electrons. The summed E-state index contributed by atoms with van der Waals surface area (Å²) in [5.74, 6) is -0.403. The second-order valence-corrected chi connectivity index (χ2v) is 13.2. The van der Waals surface area contributed by atoms with E-state index in [2.05, 4.69) is 53.6 Å². The molecule has 3 atom stereocenters. The molecule has 0 saturated carbocycles. The van der Waals surface area contributed by atoms with E-state index in [4.69, 9.17) is 0 Å². The molecule has 0 spiro atoms. The smallest absolute Gasteiger partial charge is 0.247 e. The van der Waals surface area contributed by atoms with Gasteiger partial charge >= 0.3 is 0 Å². The van der Waals surface area contributed by atoms with Gasteiger partial charge in [-0.15, -0.1) is 0 Å². The van der Waals surface area contributed by atoms with Gasteiger partial charge in [0.05, 0.1) is 18.1 Å². The van der Waals surface area contributed by atoms with Crippen LogP contribution in [0.25, 0.3) is 11.1 Å². The Labute approximate surface area is 258 Å². The van der Waals surface area contributed by atoms with E-state index >= 15 is 0 Å². The number of piperidine rings is 1. The minimum atomic E-state index is -0.649. The number of benzene rings is 2. The third-order valence-electron chi connectivity index (χ3n) is 9.11. The largest absolute Gasteiger partial charge is 0.343 e. The molecule has 43 heavy (non-hydrogen) atoms. The van der Waals surface area contributed by atoms with Crippen LogP contribution in [0.15, 0.2) is 60.2 Å². The lowest BCUT2D eigenvalue weighted by atomic mass is 9.95. The average molecular weight is 587 g/mol. The molecule has 0 radical (unpaired) electrons. The van der Waals surface area contributed by atoms with Crippen molar-refractivity contribution < 1.29 is 14.4 Å². The highest BCUT2D eigenvalue weighted by Crippen LogP contribution is 2.43. The van der Waals surface area contributed by atoms with Crippen molar-refractivity contribution in [1.82, 2.24) is 20.4 Å². The van der Waals surface area contributed by atoms with Crippen molar-refractivity contribution in [3.63, 3.8) is 0 Å². The average Bonchev–Trinajstić information content (AvgIpc) is 3.30. The zero-order valence-corrected chi connectivity index (χ0v) is 27.2. The summed E-state index contributed by atoms with van der Waals surface area (Å²) in [6.07, 6.45) is 4.80. The molecular formula is C36H50N4O3. The lowest BCUT2D eigenvalue weighted by molar-refractivity contribution is -0.140. The van der Waals surface area contributed by atoms with Gasteiger partial charge in [0.2, 0.25) is 17.7 Å². The summed E-state index contributed by atoms with van der Waals surface area (Å²) in [6.45, 7) is 15.0. The van der Waals surface area contributed by atoms with E-state index in [-0.39, 0.29) is 53.7 Å². The predicted octanol–water partition coefficient (Wildman–Crippen LogP) is 5.71. The molecule has 1 saturated heterocycles. The fraction of sp³-hybridized carbons (Fsp3) is 0.528. The number of likely N-dealkylation sites (N-methyl/N-ethyl adjacent to an activating group) is 1. The van der Waals surface area contributed by atoms with Crippen LogP contribution in [0, 0.1) is 11.8 Å². The second-order valence-electron chi connectivity index (χ2n) is 13.2. The Morgan fingerprint density at radius 2 is 1.47 bits per heavy atom. The van der Waals surface area contributed by atoms with E-state index in [9.17, 15) is 14.4 Å². The molecule has 3 amide bonds. The zero-order chi connectivity index (χ0) is 31.4. The molecule has 2 N–H and O–H groups in total. The second kappa shape index (κ2) is 13.9. The molecule has 1 unspecified atom stereocenters. The highest BCUT2D eigenvalue weighted by molar-refractivity contribution is 5.95. The molecule has 7 heteroatoms. The Hall–Kier alpha value is -3.45. The number of nitrogens with zero attached hydrogens (tertiary/aromatic N) is 2. The van der Waals surface area contributed by atoms with Gasteiger partial charge in [-0.3, -0.25) is 19.3 Å². The van der Waals surface area contributed by atoms with Gasteiger partial charge in [0.1, 0.15) is 6.04 Å². The van der Waals surface area contributed by atoms with E-state index in [1.807, 2.05) is 58.0 Å². The van der Waals surface area contributed by atoms with Crippen LogP contribution in [0.4, 0.5) is 0 Å². The predicted molar refractivity (Wildman–Crippen MR) is 173 cm³/mol. The molecule has 0 bridgehead atoms. The number of nitrogens with one attached hydrogen (secondary N) is 2. The molecule has 2 aromatic rings. The van der Waals surface area contributed by atoms with Crippen LogP contribution in [0.3, 0.4) is 0 Å². The van der Waals surface area contributed by atoms with Gasteiger partial charge in [-0.05, 0) is 74.2 Å². The lowest BCUT2D eigenvalue weighted by Gasteiger charge is -2.39. The first-order chi connectivity index (χ1) is 20.4. The van der Waals surface area contributed by atoms with E-state index in [0.29, 0.717) is 5.57 Å². The Kier molecular flexibility index (Phi) is 10.5. The van der Waals surface area contributed by atoms with Crippen LogP contribution >= 0.6 is 0 Å². The van der Waals surface area contributed by atoms with Crippen molar-refractivity contribution in [2.24, 2.45) is 11.8 Å². The first-order valence-electron chi connectivity index (χ1n) is 15.9. The van der Waals surface area contributed by atoms with Crippen molar-refractivity contribution in [1.29, 1.82) is 0 Å². The van der Waals surface area contributed by atoms with E-state index in [0.717, 1.165) is 48.1 Å². The van der Waals surface area contributed by atoms with Crippen molar-refractivity contribution >= 4 is 17.7 Å². The number of hydrogen-bond acceptors (Lipinski definition) is 4. The Balaban J connectivity index is 1.50. The third-order valence-corrected chi connectivity index (χ3v) is 9.11. The molecule has 1 aliphatic heterocycles. The maximum atomic E-state index is 13.9. The van der Waals surface area contributed by atoms with Gasteiger partial charge in [-0.25, -0.2) is 0 Å². The number of carbonyl (C=O) groups is 3. The standard InChI is InChI=1S/C36H50N4O3/c1-22(2)31(39(8)36(43)32(23(3)4)37-35(42)30-19-13-14-20-40(30)24(5)6)21-25(7)34(41)38-33-28-17-11-9-15-26(28)27-16-10-12-18-29(27)33/h9-12,15-18,21-24,30-33H,13-14,19-20H2,1-8H3,(H,37,42)(H,38,41)/b25-21+/t30-,31-,32?/m1/s1. The summed E-state index contributed by atoms with van der Waals surface area (Å²) in [5, 5.41) is 6.36. The Morgan fingerprint density at radius 1 is 0.884 bits per heavy atom. The fourth-order valence-corrected chi connectivity index (χ4v) is 6.62. The van der Waals surface area contributed by atoms with Crippen LogP contribution in [0.1, 0.15) is 84.9 Å². The maximum absolute atomic E-state index is 13.9. The highest BCUT2D eigenvalue weighted by atomic mass is 16.2. The number of amides is 3. The van der Waals surface area contributed by atoms with Crippen LogP contribution < -0.4 is 10.6 Å². The monoisotopic (exact) mass is 586 g/mol. The quantitative estimate of drug-likeness (QED) is 0.350. The number of hydrogen-bond donors (Lipinski definition) is 2. The Morgan fingerprint density at radius 3 is 2.00 bits per heavy atom. The zero-order valence-electron chi connectivity index (χ0n) is 27.2. The van der Waals surface area contributed by atoms with Crippen LogP contribution in [0.5, 0.6) is 0 Å².